The van der Waals surface area contributed by atoms with Crippen LogP contribution in [0.1, 0.15) is 0 Å². The van der Waals surface area contributed by atoms with E-state index in [0.29, 0.717) is 17.5 Å². The number of para-hydroxylation sites is 1. The van der Waals surface area contributed by atoms with E-state index in [9.17, 15) is 0 Å². The summed E-state index contributed by atoms with van der Waals surface area (Å²) in [5, 5.41) is 4.82. The van der Waals surface area contributed by atoms with E-state index in [0.717, 1.165) is 27.8 Å². The molecule has 4 nitrogen and oxygen atoms in total. The lowest BCUT2D eigenvalue weighted by Crippen LogP contribution is -2.00. The molecule has 0 amide bonds. The summed E-state index contributed by atoms with van der Waals surface area (Å²) in [5.74, 6) is 1.98. The number of fused-ring (bicyclic) bond motifs is 6. The first-order chi connectivity index (χ1) is 27.7. The van der Waals surface area contributed by atoms with E-state index in [1.54, 1.807) is 11.3 Å². The summed E-state index contributed by atoms with van der Waals surface area (Å²) in [6.07, 6.45) is 0. The Hall–Kier alpha value is -7.21. The van der Waals surface area contributed by atoms with Gasteiger partial charge in [-0.05, 0) is 70.8 Å². The molecule has 0 saturated heterocycles. The molecule has 0 radical (unpaired) electrons. The molecule has 8 aromatic carbocycles. The summed E-state index contributed by atoms with van der Waals surface area (Å²) >= 11 is 1.81. The number of nitrogens with zero attached hydrogens (tertiary/aromatic N) is 4. The van der Waals surface area contributed by atoms with Crippen LogP contribution in [0.2, 0.25) is 0 Å². The Morgan fingerprint density at radius 2 is 0.875 bits per heavy atom. The van der Waals surface area contributed by atoms with Gasteiger partial charge in [-0.25, -0.2) is 15.0 Å². The Balaban J connectivity index is 1.05. The molecule has 0 bridgehead atoms. The largest absolute Gasteiger partial charge is 0.309 e. The predicted molar refractivity (Wildman–Crippen MR) is 234 cm³/mol. The van der Waals surface area contributed by atoms with Gasteiger partial charge >= 0.3 is 0 Å². The third-order valence-electron chi connectivity index (χ3n) is 10.7. The minimum Gasteiger partial charge on any atom is -0.309 e. The molecular formula is C51H32N4S. The highest BCUT2D eigenvalue weighted by atomic mass is 32.1. The fraction of sp³-hybridized carbons (Fsp3) is 0. The zero-order valence-electron chi connectivity index (χ0n) is 30.2. The van der Waals surface area contributed by atoms with Crippen molar-refractivity contribution in [2.75, 3.05) is 0 Å². The quantitative estimate of drug-likeness (QED) is 0.171. The lowest BCUT2D eigenvalue weighted by molar-refractivity contribution is 1.08. The summed E-state index contributed by atoms with van der Waals surface area (Å²) in [5.41, 5.74) is 11.2. The molecule has 262 valence electrons. The molecule has 0 aliphatic carbocycles. The average Bonchev–Trinajstić information content (AvgIpc) is 3.82. The van der Waals surface area contributed by atoms with Crippen LogP contribution in [0.5, 0.6) is 0 Å². The first kappa shape index (κ1) is 32.2. The minimum absolute atomic E-state index is 0.659. The number of benzene rings is 8. The maximum Gasteiger partial charge on any atom is 0.164 e. The van der Waals surface area contributed by atoms with Gasteiger partial charge in [-0.3, -0.25) is 0 Å². The van der Waals surface area contributed by atoms with Gasteiger partial charge in [0.1, 0.15) is 0 Å². The van der Waals surface area contributed by atoms with Crippen molar-refractivity contribution < 1.29 is 0 Å². The molecule has 0 aliphatic heterocycles. The van der Waals surface area contributed by atoms with Gasteiger partial charge in [-0.1, -0.05) is 146 Å². The third-order valence-corrected chi connectivity index (χ3v) is 11.8. The molecule has 5 heteroatoms. The van der Waals surface area contributed by atoms with Crippen molar-refractivity contribution in [3.63, 3.8) is 0 Å². The van der Waals surface area contributed by atoms with Crippen molar-refractivity contribution in [1.29, 1.82) is 0 Å². The molecule has 56 heavy (non-hydrogen) atoms. The lowest BCUT2D eigenvalue weighted by atomic mass is 9.99. The summed E-state index contributed by atoms with van der Waals surface area (Å²) in [7, 11) is 0. The smallest absolute Gasteiger partial charge is 0.164 e. The summed E-state index contributed by atoms with van der Waals surface area (Å²) in [6.45, 7) is 0. The Labute approximate surface area is 327 Å². The summed E-state index contributed by atoms with van der Waals surface area (Å²) in [6, 6.07) is 68.7. The number of aromatic nitrogens is 4. The van der Waals surface area contributed by atoms with Crippen LogP contribution < -0.4 is 0 Å². The number of thiophene rings is 1. The normalized spacial score (nSPS) is 11.6. The van der Waals surface area contributed by atoms with E-state index in [-0.39, 0.29) is 0 Å². The van der Waals surface area contributed by atoms with Crippen molar-refractivity contribution in [2.24, 2.45) is 0 Å². The fourth-order valence-electron chi connectivity index (χ4n) is 7.99. The van der Waals surface area contributed by atoms with Crippen LogP contribution in [0.3, 0.4) is 0 Å². The second kappa shape index (κ2) is 13.3. The number of rotatable bonds is 6. The second-order valence-corrected chi connectivity index (χ2v) is 15.1. The average molecular weight is 733 g/mol. The second-order valence-electron chi connectivity index (χ2n) is 14.0. The molecule has 0 atom stereocenters. The Morgan fingerprint density at radius 1 is 0.339 bits per heavy atom. The minimum atomic E-state index is 0.659. The Bertz CT molecular complexity index is 3160. The highest BCUT2D eigenvalue weighted by molar-refractivity contribution is 7.26. The first-order valence-electron chi connectivity index (χ1n) is 18.8. The topological polar surface area (TPSA) is 43.6 Å². The van der Waals surface area contributed by atoms with Crippen molar-refractivity contribution in [3.8, 4) is 62.1 Å². The maximum atomic E-state index is 5.11. The van der Waals surface area contributed by atoms with E-state index >= 15 is 0 Å². The molecule has 11 rings (SSSR count). The monoisotopic (exact) mass is 732 g/mol. The van der Waals surface area contributed by atoms with Crippen molar-refractivity contribution >= 4 is 53.3 Å². The van der Waals surface area contributed by atoms with Gasteiger partial charge in [0.15, 0.2) is 17.5 Å². The van der Waals surface area contributed by atoms with Crippen molar-refractivity contribution in [2.45, 2.75) is 0 Å². The molecule has 0 aliphatic rings. The summed E-state index contributed by atoms with van der Waals surface area (Å²) in [4.78, 5) is 15.2. The zero-order valence-corrected chi connectivity index (χ0v) is 31.0. The van der Waals surface area contributed by atoms with Gasteiger partial charge < -0.3 is 4.57 Å². The maximum absolute atomic E-state index is 5.11. The SMILES string of the molecule is c1ccc(-c2ccc(-n3c4ccccc4c4cc(-c5ccc6sc7cccc(-c8nc(-c9ccccc9)nc(-c9ccccc9)n8)c7c6c5)ccc43)cc2)cc1. The van der Waals surface area contributed by atoms with Crippen LogP contribution in [-0.4, -0.2) is 19.5 Å². The highest BCUT2D eigenvalue weighted by Crippen LogP contribution is 2.42. The fourth-order valence-corrected chi connectivity index (χ4v) is 9.10. The summed E-state index contributed by atoms with van der Waals surface area (Å²) < 4.78 is 4.82. The van der Waals surface area contributed by atoms with Gasteiger partial charge in [-0.2, -0.15) is 0 Å². The molecule has 0 spiro atoms. The van der Waals surface area contributed by atoms with Crippen LogP contribution in [0, 0.1) is 0 Å². The van der Waals surface area contributed by atoms with Crippen molar-refractivity contribution in [1.82, 2.24) is 19.5 Å². The van der Waals surface area contributed by atoms with E-state index < -0.39 is 0 Å². The lowest BCUT2D eigenvalue weighted by Gasteiger charge is -2.10. The predicted octanol–water partition coefficient (Wildman–Crippen LogP) is 13.7. The van der Waals surface area contributed by atoms with Gasteiger partial charge in [0, 0.05) is 53.3 Å². The number of hydrogen-bond donors (Lipinski definition) is 0. The van der Waals surface area contributed by atoms with Gasteiger partial charge in [-0.15, -0.1) is 11.3 Å². The molecule has 0 N–H and O–H groups in total. The van der Waals surface area contributed by atoms with Gasteiger partial charge in [0.2, 0.25) is 0 Å². The molecule has 0 fully saturated rings. The molecule has 11 aromatic rings. The van der Waals surface area contributed by atoms with Gasteiger partial charge in [0.25, 0.3) is 0 Å². The molecule has 0 unspecified atom stereocenters. The van der Waals surface area contributed by atoms with E-state index in [4.69, 9.17) is 15.0 Å². The van der Waals surface area contributed by atoms with E-state index in [1.165, 1.54) is 58.8 Å². The molecular weight excluding hydrogens is 701 g/mol. The van der Waals surface area contributed by atoms with Gasteiger partial charge in [0.05, 0.1) is 11.0 Å². The Morgan fingerprint density at radius 3 is 1.57 bits per heavy atom. The zero-order chi connectivity index (χ0) is 37.0. The first-order valence-corrected chi connectivity index (χ1v) is 19.6. The van der Waals surface area contributed by atoms with Crippen LogP contribution in [0.25, 0.3) is 104 Å². The van der Waals surface area contributed by atoms with E-state index in [1.807, 2.05) is 36.4 Å². The van der Waals surface area contributed by atoms with Crippen molar-refractivity contribution in [3.05, 3.63) is 194 Å². The standard InChI is InChI=1S/C51H32N4S/c1-4-13-33(14-5-1)34-23-27-39(28-24-34)55-44-21-11-10-19-40(44)42-31-37(25-29-45(42)55)38-26-30-46-43(32-38)48-41(20-12-22-47(48)56-46)51-53-49(35-15-6-2-7-16-35)52-50(54-51)36-17-8-3-9-18-36/h1-32H. The Kier molecular flexibility index (Phi) is 7.64. The van der Waals surface area contributed by atoms with E-state index in [2.05, 4.69) is 162 Å². The number of hydrogen-bond acceptors (Lipinski definition) is 4. The van der Waals surface area contributed by atoms with Crippen LogP contribution >= 0.6 is 11.3 Å². The van der Waals surface area contributed by atoms with Crippen LogP contribution in [0.15, 0.2) is 194 Å². The molecule has 0 saturated carbocycles. The third kappa shape index (κ3) is 5.48. The molecule has 3 aromatic heterocycles. The molecule has 3 heterocycles. The van der Waals surface area contributed by atoms with Crippen LogP contribution in [0.4, 0.5) is 0 Å². The van der Waals surface area contributed by atoms with Crippen LogP contribution in [-0.2, 0) is 0 Å². The highest BCUT2D eigenvalue weighted by Gasteiger charge is 2.18.